The van der Waals surface area contributed by atoms with E-state index in [1.54, 1.807) is 25.3 Å². The topological polar surface area (TPSA) is 77.5 Å². The number of aromatic nitrogens is 1. The Kier molecular flexibility index (Phi) is 6.75. The second-order valence-corrected chi connectivity index (χ2v) is 6.00. The summed E-state index contributed by atoms with van der Waals surface area (Å²) in [6, 6.07) is 8.24. The highest BCUT2D eigenvalue weighted by Crippen LogP contribution is 2.22. The molecule has 0 saturated carbocycles. The van der Waals surface area contributed by atoms with E-state index in [-0.39, 0.29) is 10.8 Å². The van der Waals surface area contributed by atoms with Crippen LogP contribution < -0.4 is 5.32 Å². The van der Waals surface area contributed by atoms with Gasteiger partial charge < -0.3 is 14.8 Å². The molecule has 1 N–H and O–H groups in total. The van der Waals surface area contributed by atoms with Crippen molar-refractivity contribution in [3.8, 4) is 0 Å². The molecule has 1 heterocycles. The van der Waals surface area contributed by atoms with Crippen LogP contribution in [-0.2, 0) is 20.9 Å². The molecule has 2 aromatic rings. The molecule has 0 aliphatic heterocycles. The monoisotopic (exact) mass is 382 g/mol. The first-order valence-electron chi connectivity index (χ1n) is 7.31. The molecule has 6 nitrogen and oxygen atoms in total. The number of hydrogen-bond acceptors (Lipinski definition) is 5. The minimum atomic E-state index is -1.04. The van der Waals surface area contributed by atoms with Gasteiger partial charge in [-0.25, -0.2) is 9.78 Å². The lowest BCUT2D eigenvalue weighted by Crippen LogP contribution is -2.30. The van der Waals surface area contributed by atoms with Crippen LogP contribution in [0.1, 0.15) is 22.8 Å². The molecule has 25 heavy (non-hydrogen) atoms. The normalized spacial score (nSPS) is 11.7. The van der Waals surface area contributed by atoms with E-state index in [0.717, 1.165) is 5.56 Å². The van der Waals surface area contributed by atoms with Crippen molar-refractivity contribution in [1.82, 2.24) is 4.98 Å². The standard InChI is InChI=1S/C17H16Cl2N2O4/c1-10(16(22)21-15-14(19)7-13(18)8-20-15)25-17(23)12-5-3-4-11(6-12)9-24-2/h3-8,10H,9H2,1-2H3,(H,20,21,22)/t10-/m0/s1. The molecule has 2 rings (SSSR count). The van der Waals surface area contributed by atoms with Gasteiger partial charge in [-0.15, -0.1) is 0 Å². The number of benzene rings is 1. The predicted molar refractivity (Wildman–Crippen MR) is 94.9 cm³/mol. The maximum atomic E-state index is 12.2. The molecule has 1 aromatic heterocycles. The van der Waals surface area contributed by atoms with E-state index in [9.17, 15) is 9.59 Å². The molecule has 132 valence electrons. The number of hydrogen-bond donors (Lipinski definition) is 1. The third-order valence-corrected chi connectivity index (χ3v) is 3.67. The maximum absolute atomic E-state index is 12.2. The average molecular weight is 383 g/mol. The number of rotatable bonds is 6. The van der Waals surface area contributed by atoms with Crippen molar-refractivity contribution in [2.24, 2.45) is 0 Å². The molecule has 0 bridgehead atoms. The van der Waals surface area contributed by atoms with Crippen molar-refractivity contribution >= 4 is 40.9 Å². The molecule has 0 unspecified atom stereocenters. The second-order valence-electron chi connectivity index (χ2n) is 5.15. The van der Waals surface area contributed by atoms with Crippen LogP contribution >= 0.6 is 23.2 Å². The average Bonchev–Trinajstić information content (AvgIpc) is 2.57. The lowest BCUT2D eigenvalue weighted by atomic mass is 10.1. The number of methoxy groups -OCH3 is 1. The first-order valence-corrected chi connectivity index (χ1v) is 8.07. The predicted octanol–water partition coefficient (Wildman–Crippen LogP) is 3.72. The third kappa shape index (κ3) is 5.42. The zero-order valence-corrected chi connectivity index (χ0v) is 15.1. The number of esters is 1. The van der Waals surface area contributed by atoms with Gasteiger partial charge in [0.1, 0.15) is 0 Å². The number of ether oxygens (including phenoxy) is 2. The molecule has 0 radical (unpaired) electrons. The zero-order chi connectivity index (χ0) is 18.4. The number of anilines is 1. The van der Waals surface area contributed by atoms with Gasteiger partial charge >= 0.3 is 5.97 Å². The number of pyridine rings is 1. The van der Waals surface area contributed by atoms with Gasteiger partial charge in [0.25, 0.3) is 5.91 Å². The summed E-state index contributed by atoms with van der Waals surface area (Å²) in [7, 11) is 1.56. The third-order valence-electron chi connectivity index (χ3n) is 3.18. The summed E-state index contributed by atoms with van der Waals surface area (Å²) in [4.78, 5) is 28.2. The van der Waals surface area contributed by atoms with Crippen LogP contribution in [0.5, 0.6) is 0 Å². The van der Waals surface area contributed by atoms with E-state index >= 15 is 0 Å². The lowest BCUT2D eigenvalue weighted by molar-refractivity contribution is -0.123. The number of nitrogens with one attached hydrogen (secondary N) is 1. The Bertz CT molecular complexity index is 783. The van der Waals surface area contributed by atoms with Crippen LogP contribution in [0.15, 0.2) is 36.5 Å². The molecule has 0 fully saturated rings. The SMILES string of the molecule is COCc1cccc(C(=O)O[C@@H](C)C(=O)Nc2ncc(Cl)cc2Cl)c1. The van der Waals surface area contributed by atoms with Crippen molar-refractivity contribution in [2.75, 3.05) is 12.4 Å². The summed E-state index contributed by atoms with van der Waals surface area (Å²) in [6.45, 7) is 1.83. The fraction of sp³-hybridized carbons (Fsp3) is 0.235. The van der Waals surface area contributed by atoms with Gasteiger partial charge in [0.15, 0.2) is 11.9 Å². The summed E-state index contributed by atoms with van der Waals surface area (Å²) in [5, 5.41) is 3.02. The van der Waals surface area contributed by atoms with Crippen LogP contribution in [0.3, 0.4) is 0 Å². The number of halogens is 2. The van der Waals surface area contributed by atoms with Crippen LogP contribution in [-0.4, -0.2) is 30.1 Å². The Hall–Kier alpha value is -2.15. The van der Waals surface area contributed by atoms with Gasteiger partial charge in [-0.05, 0) is 30.7 Å². The smallest absolute Gasteiger partial charge is 0.338 e. The minimum absolute atomic E-state index is 0.140. The van der Waals surface area contributed by atoms with Gasteiger partial charge in [0.05, 0.1) is 22.2 Å². The molecule has 1 atom stereocenters. The lowest BCUT2D eigenvalue weighted by Gasteiger charge is -2.14. The highest BCUT2D eigenvalue weighted by Gasteiger charge is 2.20. The summed E-state index contributed by atoms with van der Waals surface area (Å²) in [5.41, 5.74) is 1.16. The number of carbonyl (C=O) groups excluding carboxylic acids is 2. The molecule has 0 aliphatic carbocycles. The number of nitrogens with zero attached hydrogens (tertiary/aromatic N) is 1. The van der Waals surface area contributed by atoms with Gasteiger partial charge in [0.2, 0.25) is 0 Å². The van der Waals surface area contributed by atoms with E-state index < -0.39 is 18.0 Å². The Labute approximate surface area is 155 Å². The second kappa shape index (κ2) is 8.80. The number of carbonyl (C=O) groups is 2. The van der Waals surface area contributed by atoms with Gasteiger partial charge in [-0.2, -0.15) is 0 Å². The summed E-state index contributed by atoms with van der Waals surface area (Å²) in [5.74, 6) is -1.03. The van der Waals surface area contributed by atoms with Crippen LogP contribution in [0.4, 0.5) is 5.82 Å². The van der Waals surface area contributed by atoms with Crippen molar-refractivity contribution in [3.63, 3.8) is 0 Å². The highest BCUT2D eigenvalue weighted by molar-refractivity contribution is 6.36. The molecular weight excluding hydrogens is 367 g/mol. The molecule has 1 aromatic carbocycles. The summed E-state index contributed by atoms with van der Waals surface area (Å²) >= 11 is 11.7. The highest BCUT2D eigenvalue weighted by atomic mass is 35.5. The van der Waals surface area contributed by atoms with Gasteiger partial charge in [-0.3, -0.25) is 4.79 Å². The Morgan fingerprint density at radius 3 is 2.72 bits per heavy atom. The Morgan fingerprint density at radius 1 is 1.28 bits per heavy atom. The molecule has 8 heteroatoms. The molecular formula is C17H16Cl2N2O4. The fourth-order valence-corrected chi connectivity index (χ4v) is 2.39. The van der Waals surface area contributed by atoms with Crippen molar-refractivity contribution in [3.05, 3.63) is 57.7 Å². The van der Waals surface area contributed by atoms with Crippen LogP contribution in [0.25, 0.3) is 0 Å². The Morgan fingerprint density at radius 2 is 2.04 bits per heavy atom. The fourth-order valence-electron chi connectivity index (χ4n) is 1.96. The molecule has 0 saturated heterocycles. The van der Waals surface area contributed by atoms with E-state index in [1.807, 2.05) is 6.07 Å². The summed E-state index contributed by atoms with van der Waals surface area (Å²) < 4.78 is 10.2. The Balaban J connectivity index is 2.00. The van der Waals surface area contributed by atoms with E-state index in [4.69, 9.17) is 32.7 Å². The molecule has 1 amide bonds. The van der Waals surface area contributed by atoms with Gasteiger partial charge in [0, 0.05) is 13.3 Å². The quantitative estimate of drug-likeness (QED) is 0.770. The first kappa shape index (κ1) is 19.2. The summed E-state index contributed by atoms with van der Waals surface area (Å²) in [6.07, 6.45) is 0.313. The maximum Gasteiger partial charge on any atom is 0.338 e. The molecule has 0 aliphatic rings. The van der Waals surface area contributed by atoms with Crippen molar-refractivity contribution < 1.29 is 19.1 Å². The van der Waals surface area contributed by atoms with Crippen molar-refractivity contribution in [2.45, 2.75) is 19.6 Å². The van der Waals surface area contributed by atoms with E-state index in [1.165, 1.54) is 19.2 Å². The number of amides is 1. The van der Waals surface area contributed by atoms with E-state index in [0.29, 0.717) is 17.2 Å². The van der Waals surface area contributed by atoms with E-state index in [2.05, 4.69) is 10.3 Å². The van der Waals surface area contributed by atoms with Crippen LogP contribution in [0.2, 0.25) is 10.0 Å². The van der Waals surface area contributed by atoms with Crippen molar-refractivity contribution in [1.29, 1.82) is 0 Å². The van der Waals surface area contributed by atoms with Gasteiger partial charge in [-0.1, -0.05) is 35.3 Å². The molecule has 0 spiro atoms. The largest absolute Gasteiger partial charge is 0.449 e. The first-order chi connectivity index (χ1) is 11.9. The minimum Gasteiger partial charge on any atom is -0.449 e. The van der Waals surface area contributed by atoms with Crippen LogP contribution in [0, 0.1) is 0 Å². The zero-order valence-electron chi connectivity index (χ0n) is 13.6.